The third-order valence-electron chi connectivity index (χ3n) is 3.39. The number of primary amides is 1. The minimum atomic E-state index is -0.304. The summed E-state index contributed by atoms with van der Waals surface area (Å²) in [4.78, 5) is 18.2. The molecule has 0 aliphatic rings. The number of rotatable bonds is 7. The van der Waals surface area contributed by atoms with Crippen LogP contribution in [0.3, 0.4) is 0 Å². The van der Waals surface area contributed by atoms with E-state index in [-0.39, 0.29) is 11.8 Å². The molecule has 0 aliphatic heterocycles. The summed E-state index contributed by atoms with van der Waals surface area (Å²) in [7, 11) is 0. The van der Waals surface area contributed by atoms with Crippen LogP contribution < -0.4 is 5.73 Å². The molecule has 0 fully saturated rings. The van der Waals surface area contributed by atoms with Crippen molar-refractivity contribution in [2.75, 3.05) is 6.54 Å². The molecule has 106 valence electrons. The van der Waals surface area contributed by atoms with Gasteiger partial charge in [-0.2, -0.15) is 0 Å². The molecule has 19 heavy (non-hydrogen) atoms. The van der Waals surface area contributed by atoms with E-state index < -0.39 is 0 Å². The molecular formula is C15H25N3O. The van der Waals surface area contributed by atoms with Crippen molar-refractivity contribution in [3.8, 4) is 0 Å². The Morgan fingerprint density at radius 2 is 1.89 bits per heavy atom. The quantitative estimate of drug-likeness (QED) is 0.820. The maximum Gasteiger partial charge on any atom is 0.226 e. The molecule has 1 rings (SSSR count). The molecule has 4 nitrogen and oxygen atoms in total. The normalized spacial score (nSPS) is 13.2. The summed E-state index contributed by atoms with van der Waals surface area (Å²) in [6.45, 7) is 9.51. The summed E-state index contributed by atoms with van der Waals surface area (Å²) in [6.07, 6.45) is 2.41. The number of hydrogen-bond acceptors (Lipinski definition) is 3. The van der Waals surface area contributed by atoms with E-state index in [2.05, 4.69) is 37.6 Å². The minimum absolute atomic E-state index is 0.300. The zero-order chi connectivity index (χ0) is 14.4. The van der Waals surface area contributed by atoms with E-state index in [4.69, 9.17) is 5.73 Å². The number of aromatic nitrogens is 1. The Balaban J connectivity index is 2.73. The third-order valence-corrected chi connectivity index (χ3v) is 3.39. The predicted octanol–water partition coefficient (Wildman–Crippen LogP) is 2.16. The van der Waals surface area contributed by atoms with Crippen LogP contribution in [0.15, 0.2) is 24.4 Å². The average Bonchev–Trinajstić information content (AvgIpc) is 2.34. The second kappa shape index (κ2) is 7.24. The fourth-order valence-corrected chi connectivity index (χ4v) is 2.41. The van der Waals surface area contributed by atoms with Crippen molar-refractivity contribution >= 4 is 5.91 Å². The van der Waals surface area contributed by atoms with Gasteiger partial charge in [-0.05, 0) is 52.8 Å². The van der Waals surface area contributed by atoms with E-state index in [1.807, 2.05) is 18.2 Å². The molecule has 0 saturated carbocycles. The second-order valence-electron chi connectivity index (χ2n) is 5.42. The summed E-state index contributed by atoms with van der Waals surface area (Å²) in [6, 6.07) is 6.51. The van der Waals surface area contributed by atoms with Crippen molar-refractivity contribution in [3.63, 3.8) is 0 Å². The van der Waals surface area contributed by atoms with Crippen LogP contribution in [-0.2, 0) is 4.79 Å². The van der Waals surface area contributed by atoms with Gasteiger partial charge >= 0.3 is 0 Å². The number of hydrogen-bond donors (Lipinski definition) is 1. The van der Waals surface area contributed by atoms with Crippen LogP contribution in [0.5, 0.6) is 0 Å². The molecule has 1 heterocycles. The molecule has 0 radical (unpaired) electrons. The molecule has 0 saturated heterocycles. The summed E-state index contributed by atoms with van der Waals surface area (Å²) < 4.78 is 0. The van der Waals surface area contributed by atoms with Crippen molar-refractivity contribution in [1.82, 2.24) is 9.88 Å². The van der Waals surface area contributed by atoms with E-state index in [0.717, 1.165) is 12.2 Å². The third kappa shape index (κ3) is 4.63. The zero-order valence-electron chi connectivity index (χ0n) is 12.3. The van der Waals surface area contributed by atoms with E-state index >= 15 is 0 Å². The first kappa shape index (κ1) is 15.6. The molecule has 0 spiro atoms. The molecule has 0 unspecified atom stereocenters. The Morgan fingerprint density at radius 3 is 2.32 bits per heavy atom. The fraction of sp³-hybridized carbons (Fsp3) is 0.600. The topological polar surface area (TPSA) is 59.2 Å². The van der Waals surface area contributed by atoms with Crippen molar-refractivity contribution in [2.24, 2.45) is 5.73 Å². The van der Waals surface area contributed by atoms with Gasteiger partial charge in [0, 0.05) is 18.3 Å². The number of nitrogens with two attached hydrogens (primary N) is 1. The van der Waals surface area contributed by atoms with Crippen LogP contribution in [-0.4, -0.2) is 34.4 Å². The Bertz CT molecular complexity index is 382. The first-order chi connectivity index (χ1) is 8.93. The van der Waals surface area contributed by atoms with Gasteiger partial charge in [-0.15, -0.1) is 0 Å². The van der Waals surface area contributed by atoms with E-state index in [9.17, 15) is 4.79 Å². The summed E-state index contributed by atoms with van der Waals surface area (Å²) in [5.41, 5.74) is 6.28. The van der Waals surface area contributed by atoms with Gasteiger partial charge < -0.3 is 5.73 Å². The lowest BCUT2D eigenvalue weighted by Crippen LogP contribution is -2.39. The molecule has 1 atom stereocenters. The SMILES string of the molecule is CC(C)N(CC[C@H](C(N)=O)c1ccccn1)C(C)C. The van der Waals surface area contributed by atoms with E-state index in [1.54, 1.807) is 6.20 Å². The smallest absolute Gasteiger partial charge is 0.226 e. The van der Waals surface area contributed by atoms with Crippen molar-refractivity contribution in [1.29, 1.82) is 0 Å². The van der Waals surface area contributed by atoms with Gasteiger partial charge in [0.05, 0.1) is 11.6 Å². The maximum atomic E-state index is 11.6. The number of amides is 1. The molecule has 4 heteroatoms. The Hall–Kier alpha value is -1.42. The first-order valence-corrected chi connectivity index (χ1v) is 6.89. The number of nitrogens with zero attached hydrogens (tertiary/aromatic N) is 2. The highest BCUT2D eigenvalue weighted by Crippen LogP contribution is 2.19. The molecule has 0 aromatic carbocycles. The predicted molar refractivity (Wildman–Crippen MR) is 77.8 cm³/mol. The van der Waals surface area contributed by atoms with Crippen LogP contribution in [0.2, 0.25) is 0 Å². The van der Waals surface area contributed by atoms with E-state index in [0.29, 0.717) is 18.5 Å². The Morgan fingerprint density at radius 1 is 1.26 bits per heavy atom. The van der Waals surface area contributed by atoms with Crippen LogP contribution in [0.25, 0.3) is 0 Å². The lowest BCUT2D eigenvalue weighted by molar-refractivity contribution is -0.119. The monoisotopic (exact) mass is 263 g/mol. The highest BCUT2D eigenvalue weighted by Gasteiger charge is 2.22. The van der Waals surface area contributed by atoms with Gasteiger partial charge in [-0.25, -0.2) is 0 Å². The van der Waals surface area contributed by atoms with Crippen molar-refractivity contribution < 1.29 is 4.79 Å². The second-order valence-corrected chi connectivity index (χ2v) is 5.42. The molecule has 1 amide bonds. The highest BCUT2D eigenvalue weighted by molar-refractivity contribution is 5.81. The van der Waals surface area contributed by atoms with Gasteiger partial charge in [0.15, 0.2) is 0 Å². The summed E-state index contributed by atoms with van der Waals surface area (Å²) in [5.74, 6) is -0.604. The molecule has 1 aromatic rings. The van der Waals surface area contributed by atoms with Gasteiger partial charge in [0.25, 0.3) is 0 Å². The van der Waals surface area contributed by atoms with Gasteiger partial charge in [-0.3, -0.25) is 14.7 Å². The van der Waals surface area contributed by atoms with Crippen molar-refractivity contribution in [3.05, 3.63) is 30.1 Å². The highest BCUT2D eigenvalue weighted by atomic mass is 16.1. The van der Waals surface area contributed by atoms with Crippen LogP contribution in [0.1, 0.15) is 45.7 Å². The fourth-order valence-electron chi connectivity index (χ4n) is 2.41. The van der Waals surface area contributed by atoms with Gasteiger partial charge in [0.2, 0.25) is 5.91 Å². The van der Waals surface area contributed by atoms with Gasteiger partial charge in [-0.1, -0.05) is 6.07 Å². The zero-order valence-corrected chi connectivity index (χ0v) is 12.3. The summed E-state index contributed by atoms with van der Waals surface area (Å²) >= 11 is 0. The van der Waals surface area contributed by atoms with Crippen LogP contribution >= 0.6 is 0 Å². The maximum absolute atomic E-state index is 11.6. The number of pyridine rings is 1. The summed E-state index contributed by atoms with van der Waals surface area (Å²) in [5, 5.41) is 0. The van der Waals surface area contributed by atoms with E-state index in [1.165, 1.54) is 0 Å². The molecule has 2 N–H and O–H groups in total. The van der Waals surface area contributed by atoms with Crippen LogP contribution in [0.4, 0.5) is 0 Å². The number of carbonyl (C=O) groups excluding carboxylic acids is 1. The lowest BCUT2D eigenvalue weighted by atomic mass is 9.99. The van der Waals surface area contributed by atoms with Crippen LogP contribution in [0, 0.1) is 0 Å². The largest absolute Gasteiger partial charge is 0.369 e. The molecule has 0 bridgehead atoms. The molecule has 1 aromatic heterocycles. The lowest BCUT2D eigenvalue weighted by Gasteiger charge is -2.31. The molecule has 0 aliphatic carbocycles. The first-order valence-electron chi connectivity index (χ1n) is 6.89. The Kier molecular flexibility index (Phi) is 5.96. The average molecular weight is 263 g/mol. The van der Waals surface area contributed by atoms with Crippen molar-refractivity contribution in [2.45, 2.75) is 52.1 Å². The standard InChI is InChI=1S/C15H25N3O/c1-11(2)18(12(3)4)10-8-13(15(16)19)14-7-5-6-9-17-14/h5-7,9,11-13H,8,10H2,1-4H3,(H2,16,19)/t13-/m0/s1. The number of carbonyl (C=O) groups is 1. The van der Waals surface area contributed by atoms with Gasteiger partial charge in [0.1, 0.15) is 0 Å². The molecular weight excluding hydrogens is 238 g/mol. The minimum Gasteiger partial charge on any atom is -0.369 e. The Labute approximate surface area is 116 Å².